The fourth-order valence-corrected chi connectivity index (χ4v) is 1.35. The molecule has 5 nitrogen and oxygen atoms in total. The van der Waals surface area contributed by atoms with Gasteiger partial charge in [-0.05, 0) is 12.8 Å². The van der Waals surface area contributed by atoms with E-state index >= 15 is 0 Å². The fraction of sp³-hybridized carbons (Fsp3) is 0.900. The van der Waals surface area contributed by atoms with Crippen LogP contribution in [0.2, 0.25) is 0 Å². The summed E-state index contributed by atoms with van der Waals surface area (Å²) < 4.78 is 25.1. The molecule has 0 unspecified atom stereocenters. The second kappa shape index (κ2) is 16.6. The van der Waals surface area contributed by atoms with Crippen molar-refractivity contribution < 1.29 is 47.6 Å². The number of unbranched alkanes of at least 4 members (excludes halogenated alkanes) is 2. The minimum Gasteiger partial charge on any atom is -0.311 e. The number of hydrogen-bond acceptors (Lipinski definition) is 5. The van der Waals surface area contributed by atoms with Crippen molar-refractivity contribution in [2.45, 2.75) is 46.5 Å². The fourth-order valence-electron chi connectivity index (χ4n) is 0.641. The van der Waals surface area contributed by atoms with Crippen LogP contribution in [-0.4, -0.2) is 19.2 Å². The van der Waals surface area contributed by atoms with Crippen molar-refractivity contribution in [3.8, 4) is 0 Å². The van der Waals surface area contributed by atoms with Gasteiger partial charge in [0, 0.05) is 0 Å². The maximum absolute atomic E-state index is 10.9. The van der Waals surface area contributed by atoms with Gasteiger partial charge in [-0.15, -0.1) is 0 Å². The molecule has 0 bridgehead atoms. The Morgan fingerprint density at radius 1 is 1.12 bits per heavy atom. The van der Waals surface area contributed by atoms with Crippen molar-refractivity contribution in [2.75, 3.05) is 13.2 Å². The molecule has 0 saturated carbocycles. The van der Waals surface area contributed by atoms with Crippen LogP contribution in [0.4, 0.5) is 0 Å². The normalized spacial score (nSPS) is 9.76. The van der Waals surface area contributed by atoms with E-state index in [2.05, 4.69) is 16.5 Å². The molecular formula is C10H22HgO5P. The van der Waals surface area contributed by atoms with Crippen molar-refractivity contribution >= 4 is 14.2 Å². The standard InChI is InChI=1S/C8H19O3P.C2H4O2.Hg/c1-3-5-7-10-12(9)11-8-6-4-2;1-2(3)4;/h12H,3-8H2,1-2H3;1H3,(H,3,4);/q;;+1/p-1. The first-order chi connectivity index (χ1) is 8.08. The third-order valence-electron chi connectivity index (χ3n) is 1.64. The Morgan fingerprint density at radius 2 is 1.47 bits per heavy atom. The summed E-state index contributed by atoms with van der Waals surface area (Å²) in [5, 5.41) is 0. The summed E-state index contributed by atoms with van der Waals surface area (Å²) in [6.07, 6.45) is 4.02. The summed E-state index contributed by atoms with van der Waals surface area (Å²) in [6, 6.07) is 0. The van der Waals surface area contributed by atoms with Gasteiger partial charge in [0.1, 0.15) is 0 Å². The van der Waals surface area contributed by atoms with Crippen molar-refractivity contribution in [1.82, 2.24) is 0 Å². The molecule has 0 saturated heterocycles. The Kier molecular flexibility index (Phi) is 19.4. The van der Waals surface area contributed by atoms with Crippen molar-refractivity contribution in [3.63, 3.8) is 0 Å². The summed E-state index contributed by atoms with van der Waals surface area (Å²) >= 11 is 0.194. The summed E-state index contributed by atoms with van der Waals surface area (Å²) in [5.74, 6) is -0.159. The SMILES string of the molecule is CC(=O)[O][Hg].CCCCO[PH](=O)OCCCC. The van der Waals surface area contributed by atoms with E-state index in [0.29, 0.717) is 13.2 Å². The molecule has 0 aliphatic heterocycles. The number of hydrogen-bond donors (Lipinski definition) is 0. The molecule has 99 valence electrons. The number of carbonyl (C=O) groups excluding carboxylic acids is 1. The van der Waals surface area contributed by atoms with E-state index in [-0.39, 0.29) is 32.5 Å². The number of carbonyl (C=O) groups is 1. The molecule has 0 aromatic rings. The van der Waals surface area contributed by atoms with Gasteiger partial charge in [-0.1, -0.05) is 26.7 Å². The van der Waals surface area contributed by atoms with E-state index in [4.69, 9.17) is 9.05 Å². The second-order valence-electron chi connectivity index (χ2n) is 3.29. The Bertz CT molecular complexity index is 189. The number of rotatable bonds is 8. The van der Waals surface area contributed by atoms with Gasteiger partial charge < -0.3 is 9.05 Å². The van der Waals surface area contributed by atoms with Crippen molar-refractivity contribution in [1.29, 1.82) is 0 Å². The first kappa shape index (κ1) is 19.9. The van der Waals surface area contributed by atoms with E-state index < -0.39 is 8.25 Å². The average Bonchev–Trinajstić information content (AvgIpc) is 2.30. The zero-order valence-electron chi connectivity index (χ0n) is 11.0. The molecule has 17 heavy (non-hydrogen) atoms. The van der Waals surface area contributed by atoms with Crippen LogP contribution in [-0.2, 0) is 47.6 Å². The maximum Gasteiger partial charge on any atom is 0.319 e. The van der Waals surface area contributed by atoms with Gasteiger partial charge in [0.05, 0.1) is 13.2 Å². The minimum atomic E-state index is -2.18. The molecule has 0 aromatic heterocycles. The van der Waals surface area contributed by atoms with Gasteiger partial charge in [0.2, 0.25) is 0 Å². The predicted molar refractivity (Wildman–Crippen MR) is 62.5 cm³/mol. The zero-order valence-corrected chi connectivity index (χ0v) is 17.5. The predicted octanol–water partition coefficient (Wildman–Crippen LogP) is 3.02. The van der Waals surface area contributed by atoms with Gasteiger partial charge in [0.15, 0.2) is 0 Å². The molecule has 0 amide bonds. The van der Waals surface area contributed by atoms with E-state index in [1.165, 1.54) is 6.92 Å². The van der Waals surface area contributed by atoms with Crippen LogP contribution >= 0.6 is 8.25 Å². The van der Waals surface area contributed by atoms with Gasteiger partial charge >= 0.3 is 55.2 Å². The van der Waals surface area contributed by atoms with Crippen LogP contribution in [0, 0.1) is 0 Å². The second-order valence-corrected chi connectivity index (χ2v) is 5.49. The first-order valence-corrected chi connectivity index (χ1v) is 9.27. The quantitative estimate of drug-likeness (QED) is 0.321. The molecule has 0 rings (SSSR count). The zero-order chi connectivity index (χ0) is 13.5. The molecule has 0 aliphatic carbocycles. The first-order valence-electron chi connectivity index (χ1n) is 5.80. The maximum atomic E-state index is 10.9. The Hall–Kier alpha value is 0.555. The Balaban J connectivity index is 0. The monoisotopic (exact) mass is 455 g/mol. The van der Waals surface area contributed by atoms with Crippen LogP contribution in [0.5, 0.6) is 0 Å². The molecule has 7 heteroatoms. The van der Waals surface area contributed by atoms with Crippen molar-refractivity contribution in [3.05, 3.63) is 0 Å². The molecule has 0 fully saturated rings. The topological polar surface area (TPSA) is 61.8 Å². The van der Waals surface area contributed by atoms with E-state index in [1.807, 2.05) is 0 Å². The van der Waals surface area contributed by atoms with Crippen LogP contribution in [0.15, 0.2) is 0 Å². The Labute approximate surface area is 121 Å². The molecule has 0 atom stereocenters. The summed E-state index contributed by atoms with van der Waals surface area (Å²) in [7, 11) is -2.18. The van der Waals surface area contributed by atoms with Gasteiger partial charge in [-0.25, -0.2) is 0 Å². The van der Waals surface area contributed by atoms with Gasteiger partial charge in [-0.2, -0.15) is 0 Å². The summed E-state index contributed by atoms with van der Waals surface area (Å²) in [6.45, 7) is 6.66. The Morgan fingerprint density at radius 3 is 1.71 bits per heavy atom. The molecule has 0 N–H and O–H groups in total. The molecule has 0 spiro atoms. The van der Waals surface area contributed by atoms with Crippen molar-refractivity contribution in [2.24, 2.45) is 0 Å². The average molecular weight is 454 g/mol. The summed E-state index contributed by atoms with van der Waals surface area (Å²) in [4.78, 5) is 9.64. The molecule has 0 aliphatic rings. The van der Waals surface area contributed by atoms with Crippen LogP contribution in [0.1, 0.15) is 46.5 Å². The molecule has 0 aromatic carbocycles. The van der Waals surface area contributed by atoms with E-state index in [9.17, 15) is 9.36 Å². The van der Waals surface area contributed by atoms with Crippen LogP contribution in [0.3, 0.4) is 0 Å². The third kappa shape index (κ3) is 22.2. The third-order valence-corrected chi connectivity index (χ3v) is 4.10. The van der Waals surface area contributed by atoms with Gasteiger partial charge in [-0.3, -0.25) is 4.57 Å². The molecular weight excluding hydrogens is 432 g/mol. The smallest absolute Gasteiger partial charge is 0.311 e. The van der Waals surface area contributed by atoms with E-state index in [1.54, 1.807) is 0 Å². The van der Waals surface area contributed by atoms with Crippen LogP contribution < -0.4 is 0 Å². The molecule has 0 radical (unpaired) electrons. The van der Waals surface area contributed by atoms with E-state index in [0.717, 1.165) is 25.7 Å². The van der Waals surface area contributed by atoms with Gasteiger partial charge in [0.25, 0.3) is 0 Å². The van der Waals surface area contributed by atoms with Crippen LogP contribution in [0.25, 0.3) is 0 Å². The largest absolute Gasteiger partial charge is 0.319 e. The minimum absolute atomic E-state index is 0.159. The summed E-state index contributed by atoms with van der Waals surface area (Å²) in [5.41, 5.74) is 0. The molecule has 0 heterocycles.